The van der Waals surface area contributed by atoms with Gasteiger partial charge in [-0.05, 0) is 67.4 Å². The summed E-state index contributed by atoms with van der Waals surface area (Å²) in [7, 11) is -4.46. The molecule has 0 saturated heterocycles. The van der Waals surface area contributed by atoms with Crippen LogP contribution in [0.5, 0.6) is 5.75 Å². The van der Waals surface area contributed by atoms with Gasteiger partial charge in [-0.25, -0.2) is 4.79 Å². The van der Waals surface area contributed by atoms with E-state index in [4.69, 9.17) is 4.74 Å². The van der Waals surface area contributed by atoms with Gasteiger partial charge in [-0.3, -0.25) is 4.57 Å². The molecule has 0 spiro atoms. The summed E-state index contributed by atoms with van der Waals surface area (Å²) in [5, 5.41) is 9.65. The maximum atomic E-state index is 12.3. The molecule has 1 N–H and O–H groups in total. The van der Waals surface area contributed by atoms with E-state index in [9.17, 15) is 23.5 Å². The second-order valence-electron chi connectivity index (χ2n) is 9.07. The summed E-state index contributed by atoms with van der Waals surface area (Å²) in [5.41, 5.74) is 4.30. The van der Waals surface area contributed by atoms with Gasteiger partial charge in [0.2, 0.25) is 0 Å². The molecule has 11 heteroatoms. The highest BCUT2D eigenvalue weighted by Crippen LogP contribution is 2.53. The van der Waals surface area contributed by atoms with E-state index >= 15 is 0 Å². The lowest BCUT2D eigenvalue weighted by Gasteiger charge is -2.12. The van der Waals surface area contributed by atoms with Crippen molar-refractivity contribution in [3.8, 4) is 16.9 Å². The Morgan fingerprint density at radius 1 is 0.974 bits per heavy atom. The summed E-state index contributed by atoms with van der Waals surface area (Å²) >= 11 is 5.01. The molecule has 0 bridgehead atoms. The van der Waals surface area contributed by atoms with E-state index in [-0.39, 0.29) is 5.56 Å². The van der Waals surface area contributed by atoms with E-state index in [0.29, 0.717) is 34.1 Å². The van der Waals surface area contributed by atoms with Gasteiger partial charge >= 0.3 is 13.6 Å². The molecule has 0 amide bonds. The van der Waals surface area contributed by atoms with Crippen molar-refractivity contribution in [2.24, 2.45) is 5.92 Å². The van der Waals surface area contributed by atoms with Gasteiger partial charge in [-0.15, -0.1) is 9.46 Å². The summed E-state index contributed by atoms with van der Waals surface area (Å²) in [6.45, 7) is 4.64. The van der Waals surface area contributed by atoms with Crippen LogP contribution in [0.4, 0.5) is 9.05 Å². The standard InChI is InChI=1S/C27H28BrF2O6PS/c1-18(2)11-12-34-26-10-9-22(14-24(26)27(31)32)21-6-3-19(4-7-21)16-38-17-20-5-8-23(25(28)13-20)15-37(33,35-29)36-30/h3-10,13-14,18H,11-12,15-17H2,1-2H3,(H,31,32). The van der Waals surface area contributed by atoms with Crippen LogP contribution in [0.3, 0.4) is 0 Å². The maximum Gasteiger partial charge on any atom is 0.399 e. The molecule has 0 fully saturated rings. The van der Waals surface area contributed by atoms with Crippen molar-refractivity contribution in [1.82, 2.24) is 0 Å². The Morgan fingerprint density at radius 3 is 2.21 bits per heavy atom. The van der Waals surface area contributed by atoms with E-state index in [0.717, 1.165) is 34.4 Å². The van der Waals surface area contributed by atoms with Crippen molar-refractivity contribution in [2.75, 3.05) is 6.61 Å². The van der Waals surface area contributed by atoms with E-state index < -0.39 is 19.7 Å². The first-order valence-electron chi connectivity index (χ1n) is 11.8. The molecule has 0 aliphatic rings. The molecule has 0 aliphatic carbocycles. The predicted molar refractivity (Wildman–Crippen MR) is 149 cm³/mol. The van der Waals surface area contributed by atoms with Crippen LogP contribution in [0, 0.1) is 5.92 Å². The van der Waals surface area contributed by atoms with Crippen LogP contribution < -0.4 is 4.74 Å². The first-order chi connectivity index (χ1) is 18.1. The zero-order valence-corrected chi connectivity index (χ0v) is 24.2. The Kier molecular flexibility index (Phi) is 11.4. The fourth-order valence-corrected chi connectivity index (χ4v) is 6.10. The lowest BCUT2D eigenvalue weighted by Crippen LogP contribution is -2.06. The van der Waals surface area contributed by atoms with Crippen molar-refractivity contribution in [2.45, 2.75) is 37.9 Å². The van der Waals surface area contributed by atoms with E-state index in [1.807, 2.05) is 30.3 Å². The van der Waals surface area contributed by atoms with Crippen LogP contribution in [0.15, 0.2) is 65.1 Å². The molecule has 0 aromatic heterocycles. The minimum Gasteiger partial charge on any atom is -0.493 e. The van der Waals surface area contributed by atoms with Gasteiger partial charge in [-0.1, -0.05) is 72.2 Å². The average molecular weight is 629 g/mol. The number of aromatic carboxylic acids is 1. The number of ether oxygens (including phenoxy) is 1. The number of rotatable bonds is 14. The summed E-state index contributed by atoms with van der Waals surface area (Å²) < 4.78 is 48.9. The molecule has 3 aromatic rings. The Bertz CT molecular complexity index is 1280. The largest absolute Gasteiger partial charge is 0.493 e. The van der Waals surface area contributed by atoms with Gasteiger partial charge in [0.1, 0.15) is 11.3 Å². The number of hydrogen-bond donors (Lipinski definition) is 1. The quantitative estimate of drug-likeness (QED) is 0.178. The van der Waals surface area contributed by atoms with Crippen molar-refractivity contribution in [3.05, 3.63) is 87.4 Å². The molecule has 0 heterocycles. The number of carboxylic acids is 1. The summed E-state index contributed by atoms with van der Waals surface area (Å²) in [5.74, 6) is 1.23. The molecular weight excluding hydrogens is 601 g/mol. The van der Waals surface area contributed by atoms with Crippen molar-refractivity contribution in [3.63, 3.8) is 0 Å². The number of carbonyl (C=O) groups is 1. The third kappa shape index (κ3) is 8.64. The second kappa shape index (κ2) is 14.2. The smallest absolute Gasteiger partial charge is 0.399 e. The number of thioether (sulfide) groups is 1. The highest BCUT2D eigenvalue weighted by molar-refractivity contribution is 9.10. The van der Waals surface area contributed by atoms with Crippen LogP contribution >= 0.6 is 35.3 Å². The molecule has 0 aliphatic heterocycles. The minimum atomic E-state index is -4.46. The summed E-state index contributed by atoms with van der Waals surface area (Å²) in [6, 6.07) is 18.3. The van der Waals surface area contributed by atoms with Gasteiger partial charge in [0, 0.05) is 16.0 Å². The van der Waals surface area contributed by atoms with Crippen LogP contribution in [-0.2, 0) is 31.7 Å². The van der Waals surface area contributed by atoms with Crippen LogP contribution in [0.2, 0.25) is 0 Å². The highest BCUT2D eigenvalue weighted by atomic mass is 79.9. The molecule has 0 unspecified atom stereocenters. The molecule has 0 saturated carbocycles. The molecule has 38 heavy (non-hydrogen) atoms. The van der Waals surface area contributed by atoms with E-state index in [1.54, 1.807) is 42.1 Å². The Labute approximate surface area is 233 Å². The molecule has 204 valence electrons. The monoisotopic (exact) mass is 628 g/mol. The summed E-state index contributed by atoms with van der Waals surface area (Å²) in [6.07, 6.45) is 0.306. The molecule has 3 aromatic carbocycles. The molecule has 3 rings (SSSR count). The zero-order valence-electron chi connectivity index (χ0n) is 20.9. The topological polar surface area (TPSA) is 82.1 Å². The second-order valence-corrected chi connectivity index (χ2v) is 12.7. The maximum absolute atomic E-state index is 12.3. The fraction of sp³-hybridized carbons (Fsp3) is 0.296. The number of hydrogen-bond acceptors (Lipinski definition) is 6. The van der Waals surface area contributed by atoms with Crippen LogP contribution in [-0.4, -0.2) is 17.7 Å². The summed E-state index contributed by atoms with van der Waals surface area (Å²) in [4.78, 5) is 11.8. The lowest BCUT2D eigenvalue weighted by atomic mass is 10.0. The SMILES string of the molecule is CC(C)CCOc1ccc(-c2ccc(CSCc3ccc(CP(=O)(OF)OF)c(Br)c3)cc2)cc1C(=O)O. The Balaban J connectivity index is 1.59. The lowest BCUT2D eigenvalue weighted by molar-refractivity contribution is -0.0881. The normalized spacial score (nSPS) is 11.6. The van der Waals surface area contributed by atoms with Crippen LogP contribution in [0.25, 0.3) is 11.1 Å². The average Bonchev–Trinajstić information content (AvgIpc) is 2.90. The third-order valence-corrected chi connectivity index (χ3v) is 8.64. The number of carboxylic acid groups (broad SMARTS) is 1. The van der Waals surface area contributed by atoms with Gasteiger partial charge in [-0.2, -0.15) is 11.8 Å². The first-order valence-corrected chi connectivity index (χ1v) is 15.5. The van der Waals surface area contributed by atoms with Gasteiger partial charge in [0.25, 0.3) is 0 Å². The van der Waals surface area contributed by atoms with E-state index in [1.165, 1.54) is 0 Å². The number of halogens is 3. The fourth-order valence-electron chi connectivity index (χ4n) is 3.56. The van der Waals surface area contributed by atoms with Gasteiger partial charge in [0.05, 0.1) is 12.8 Å². The van der Waals surface area contributed by atoms with Crippen molar-refractivity contribution >= 4 is 41.3 Å². The minimum absolute atomic E-state index is 0.139. The molecule has 0 atom stereocenters. The predicted octanol–water partition coefficient (Wildman–Crippen LogP) is 9.17. The van der Waals surface area contributed by atoms with E-state index in [2.05, 4.69) is 39.2 Å². The number of benzene rings is 3. The first kappa shape index (κ1) is 30.3. The third-order valence-electron chi connectivity index (χ3n) is 5.68. The highest BCUT2D eigenvalue weighted by Gasteiger charge is 2.29. The molecular formula is C27H28BrF2O6PS. The van der Waals surface area contributed by atoms with Crippen molar-refractivity contribution in [1.29, 1.82) is 0 Å². The van der Waals surface area contributed by atoms with Gasteiger partial charge in [0.15, 0.2) is 0 Å². The van der Waals surface area contributed by atoms with Crippen LogP contribution in [0.1, 0.15) is 47.3 Å². The molecule has 0 radical (unpaired) electrons. The molecule has 6 nitrogen and oxygen atoms in total. The Morgan fingerprint density at radius 2 is 1.61 bits per heavy atom. The zero-order chi connectivity index (χ0) is 27.7. The van der Waals surface area contributed by atoms with Crippen molar-refractivity contribution < 1.29 is 37.7 Å². The van der Waals surface area contributed by atoms with Gasteiger partial charge < -0.3 is 9.84 Å². The Hall–Kier alpha value is -2.23.